The van der Waals surface area contributed by atoms with Gasteiger partial charge >= 0.3 is 0 Å². The Morgan fingerprint density at radius 2 is 2.29 bits per heavy atom. The molecule has 3 heterocycles. The molecule has 2 aromatic heterocycles. The van der Waals surface area contributed by atoms with Crippen molar-refractivity contribution in [2.45, 2.75) is 25.5 Å². The first-order valence-corrected chi connectivity index (χ1v) is 5.73. The SMILES string of the molecule is COc1ncnc2c1ncn2C1CCCCO1. The van der Waals surface area contributed by atoms with Crippen LogP contribution in [0.1, 0.15) is 25.5 Å². The van der Waals surface area contributed by atoms with E-state index in [4.69, 9.17) is 9.47 Å². The highest BCUT2D eigenvalue weighted by Crippen LogP contribution is 2.27. The van der Waals surface area contributed by atoms with E-state index in [0.29, 0.717) is 11.4 Å². The lowest BCUT2D eigenvalue weighted by Gasteiger charge is -2.23. The normalized spacial score (nSPS) is 20.6. The van der Waals surface area contributed by atoms with Crippen LogP contribution in [0.3, 0.4) is 0 Å². The Hall–Kier alpha value is -1.69. The molecular formula is C11H14N4O2. The zero-order chi connectivity index (χ0) is 11.7. The molecule has 2 aromatic rings. The fraction of sp³-hybridized carbons (Fsp3) is 0.545. The van der Waals surface area contributed by atoms with E-state index in [1.165, 1.54) is 12.7 Å². The molecule has 90 valence electrons. The molecule has 0 radical (unpaired) electrons. The second kappa shape index (κ2) is 4.29. The maximum Gasteiger partial charge on any atom is 0.245 e. The predicted octanol–water partition coefficient (Wildman–Crippen LogP) is 1.53. The highest BCUT2D eigenvalue weighted by atomic mass is 16.5. The summed E-state index contributed by atoms with van der Waals surface area (Å²) in [5, 5.41) is 0. The zero-order valence-electron chi connectivity index (χ0n) is 9.67. The van der Waals surface area contributed by atoms with Crippen molar-refractivity contribution < 1.29 is 9.47 Å². The maximum absolute atomic E-state index is 5.73. The minimum atomic E-state index is 0.0355. The second-order valence-electron chi connectivity index (χ2n) is 4.03. The van der Waals surface area contributed by atoms with Crippen molar-refractivity contribution in [3.05, 3.63) is 12.7 Å². The number of nitrogens with zero attached hydrogens (tertiary/aromatic N) is 4. The molecular weight excluding hydrogens is 220 g/mol. The Kier molecular flexibility index (Phi) is 2.64. The van der Waals surface area contributed by atoms with Gasteiger partial charge in [-0.1, -0.05) is 0 Å². The lowest BCUT2D eigenvalue weighted by molar-refractivity contribution is -0.0298. The molecule has 1 aliphatic rings. The van der Waals surface area contributed by atoms with Crippen LogP contribution in [0.25, 0.3) is 11.2 Å². The van der Waals surface area contributed by atoms with Crippen molar-refractivity contribution in [2.75, 3.05) is 13.7 Å². The van der Waals surface area contributed by atoms with Gasteiger partial charge in [0.25, 0.3) is 0 Å². The topological polar surface area (TPSA) is 62.1 Å². The Morgan fingerprint density at radius 3 is 3.06 bits per heavy atom. The Labute approximate surface area is 98.6 Å². The third-order valence-electron chi connectivity index (χ3n) is 2.98. The minimum Gasteiger partial charge on any atom is -0.479 e. The van der Waals surface area contributed by atoms with Crippen LogP contribution in [0.2, 0.25) is 0 Å². The molecule has 0 saturated carbocycles. The van der Waals surface area contributed by atoms with Crippen molar-refractivity contribution in [3.8, 4) is 5.88 Å². The quantitative estimate of drug-likeness (QED) is 0.788. The van der Waals surface area contributed by atoms with Gasteiger partial charge in [-0.25, -0.2) is 9.97 Å². The molecule has 1 fully saturated rings. The van der Waals surface area contributed by atoms with Crippen LogP contribution in [-0.4, -0.2) is 33.2 Å². The summed E-state index contributed by atoms with van der Waals surface area (Å²) in [5.41, 5.74) is 1.45. The third kappa shape index (κ3) is 1.74. The van der Waals surface area contributed by atoms with Gasteiger partial charge < -0.3 is 9.47 Å². The molecule has 1 aliphatic heterocycles. The summed E-state index contributed by atoms with van der Waals surface area (Å²) in [4.78, 5) is 12.6. The number of methoxy groups -OCH3 is 1. The van der Waals surface area contributed by atoms with Gasteiger partial charge in [-0.2, -0.15) is 4.98 Å². The number of imidazole rings is 1. The number of ether oxygens (including phenoxy) is 2. The van der Waals surface area contributed by atoms with Gasteiger partial charge in [-0.3, -0.25) is 4.57 Å². The fourth-order valence-electron chi connectivity index (χ4n) is 2.13. The van der Waals surface area contributed by atoms with Crippen molar-refractivity contribution >= 4 is 11.2 Å². The second-order valence-corrected chi connectivity index (χ2v) is 4.03. The van der Waals surface area contributed by atoms with Crippen LogP contribution in [-0.2, 0) is 4.74 Å². The van der Waals surface area contributed by atoms with Crippen LogP contribution in [0.5, 0.6) is 5.88 Å². The average molecular weight is 234 g/mol. The van der Waals surface area contributed by atoms with Gasteiger partial charge in [0.15, 0.2) is 11.2 Å². The molecule has 0 amide bonds. The van der Waals surface area contributed by atoms with E-state index < -0.39 is 0 Å². The van der Waals surface area contributed by atoms with Gasteiger partial charge in [0.05, 0.1) is 13.4 Å². The van der Waals surface area contributed by atoms with E-state index in [-0.39, 0.29) is 6.23 Å². The summed E-state index contributed by atoms with van der Waals surface area (Å²) in [6, 6.07) is 0. The third-order valence-corrected chi connectivity index (χ3v) is 2.98. The standard InChI is InChI=1S/C11H14N4O2/c1-16-11-9-10(12-6-13-11)15(7-14-9)8-4-2-3-5-17-8/h6-8H,2-5H2,1H3. The van der Waals surface area contributed by atoms with Crippen molar-refractivity contribution in [1.29, 1.82) is 0 Å². The lowest BCUT2D eigenvalue weighted by Crippen LogP contribution is -2.17. The molecule has 3 rings (SSSR count). The van der Waals surface area contributed by atoms with E-state index in [9.17, 15) is 0 Å². The van der Waals surface area contributed by atoms with E-state index in [1.54, 1.807) is 13.4 Å². The van der Waals surface area contributed by atoms with Crippen molar-refractivity contribution in [1.82, 2.24) is 19.5 Å². The van der Waals surface area contributed by atoms with Gasteiger partial charge in [-0.15, -0.1) is 0 Å². The largest absolute Gasteiger partial charge is 0.479 e. The number of rotatable bonds is 2. The summed E-state index contributed by atoms with van der Waals surface area (Å²) >= 11 is 0. The first-order valence-electron chi connectivity index (χ1n) is 5.73. The molecule has 6 nitrogen and oxygen atoms in total. The molecule has 17 heavy (non-hydrogen) atoms. The van der Waals surface area contributed by atoms with Gasteiger partial charge in [0.2, 0.25) is 5.88 Å². The molecule has 0 aliphatic carbocycles. The number of hydrogen-bond donors (Lipinski definition) is 0. The van der Waals surface area contributed by atoms with Crippen LogP contribution in [0.15, 0.2) is 12.7 Å². The Bertz CT molecular complexity index is 519. The predicted molar refractivity (Wildman–Crippen MR) is 60.7 cm³/mol. The highest BCUT2D eigenvalue weighted by Gasteiger charge is 2.20. The summed E-state index contributed by atoms with van der Waals surface area (Å²) in [7, 11) is 1.58. The van der Waals surface area contributed by atoms with Gasteiger partial charge in [0, 0.05) is 6.61 Å². The number of fused-ring (bicyclic) bond motifs is 1. The van der Waals surface area contributed by atoms with Gasteiger partial charge in [0.1, 0.15) is 12.6 Å². The molecule has 0 aromatic carbocycles. The minimum absolute atomic E-state index is 0.0355. The molecule has 6 heteroatoms. The van der Waals surface area contributed by atoms with E-state index >= 15 is 0 Å². The van der Waals surface area contributed by atoms with Crippen LogP contribution < -0.4 is 4.74 Å². The lowest BCUT2D eigenvalue weighted by atomic mass is 10.2. The summed E-state index contributed by atoms with van der Waals surface area (Å²) in [6.07, 6.45) is 6.57. The van der Waals surface area contributed by atoms with Gasteiger partial charge in [-0.05, 0) is 19.3 Å². The fourth-order valence-corrected chi connectivity index (χ4v) is 2.13. The van der Waals surface area contributed by atoms with Crippen molar-refractivity contribution in [3.63, 3.8) is 0 Å². The molecule has 0 bridgehead atoms. The molecule has 0 spiro atoms. The Morgan fingerprint density at radius 1 is 1.35 bits per heavy atom. The van der Waals surface area contributed by atoms with Crippen molar-refractivity contribution in [2.24, 2.45) is 0 Å². The number of hydrogen-bond acceptors (Lipinski definition) is 5. The van der Waals surface area contributed by atoms with E-state index in [0.717, 1.165) is 25.1 Å². The smallest absolute Gasteiger partial charge is 0.245 e. The first kappa shape index (κ1) is 10.5. The van der Waals surface area contributed by atoms with E-state index in [2.05, 4.69) is 15.0 Å². The van der Waals surface area contributed by atoms with Crippen LogP contribution >= 0.6 is 0 Å². The average Bonchev–Trinajstić information content (AvgIpc) is 2.83. The molecule has 1 atom stereocenters. The number of aromatic nitrogens is 4. The zero-order valence-corrected chi connectivity index (χ0v) is 9.67. The maximum atomic E-state index is 5.73. The monoisotopic (exact) mass is 234 g/mol. The molecule has 0 N–H and O–H groups in total. The summed E-state index contributed by atoms with van der Waals surface area (Å²) in [6.45, 7) is 0.798. The van der Waals surface area contributed by atoms with Crippen LogP contribution in [0, 0.1) is 0 Å². The van der Waals surface area contributed by atoms with Crippen LogP contribution in [0.4, 0.5) is 0 Å². The van der Waals surface area contributed by atoms with E-state index in [1.807, 2.05) is 4.57 Å². The summed E-state index contributed by atoms with van der Waals surface area (Å²) < 4.78 is 12.8. The molecule has 1 saturated heterocycles. The summed E-state index contributed by atoms with van der Waals surface area (Å²) in [5.74, 6) is 0.504. The highest BCUT2D eigenvalue weighted by molar-refractivity contribution is 5.75. The first-order chi connectivity index (χ1) is 8.40. The molecule has 1 unspecified atom stereocenters. The Balaban J connectivity index is 2.05.